The van der Waals surface area contributed by atoms with E-state index in [4.69, 9.17) is 4.74 Å². The van der Waals surface area contributed by atoms with Crippen molar-refractivity contribution >= 4 is 29.2 Å². The third-order valence-electron chi connectivity index (χ3n) is 6.83. The summed E-state index contributed by atoms with van der Waals surface area (Å²) < 4.78 is 5.95. The number of carbonyl (C=O) groups excluding carboxylic acids is 4. The number of Topliss-reactive ketones (excluding diaryl/α,β-unsaturated/α-hetero) is 4. The number of phenols is 2. The molecule has 3 rings (SSSR count). The SMILES string of the molecule is CC(C)C(=O)C1=C(O)C(C)(C)C(=O)C(Cc2c(O)c3c(c(C(=O)C(C)C)c2O)OC(C)(C)C=C3)C1=O. The number of allylic oxidation sites excluding steroid dienone is 2. The number of carbonyl (C=O) groups is 4. The number of ketones is 4. The Balaban J connectivity index is 2.24. The van der Waals surface area contributed by atoms with E-state index < -0.39 is 81.2 Å². The van der Waals surface area contributed by atoms with Gasteiger partial charge in [0.15, 0.2) is 23.1 Å². The second-order valence-electron chi connectivity index (χ2n) is 11.2. The number of phenolic OH excluding ortho intramolecular Hbond substituents is 2. The molecule has 1 aliphatic carbocycles. The molecule has 0 radical (unpaired) electrons. The van der Waals surface area contributed by atoms with Crippen molar-refractivity contribution in [3.8, 4) is 17.2 Å². The summed E-state index contributed by atoms with van der Waals surface area (Å²) in [6, 6.07) is 0. The summed E-state index contributed by atoms with van der Waals surface area (Å²) in [4.78, 5) is 52.6. The average molecular weight is 499 g/mol. The predicted octanol–water partition coefficient (Wildman–Crippen LogP) is 4.49. The fourth-order valence-electron chi connectivity index (χ4n) is 4.52. The highest BCUT2D eigenvalue weighted by Gasteiger charge is 2.50. The molecule has 8 heteroatoms. The van der Waals surface area contributed by atoms with Gasteiger partial charge in [0.2, 0.25) is 0 Å². The third kappa shape index (κ3) is 4.22. The largest absolute Gasteiger partial charge is 0.510 e. The van der Waals surface area contributed by atoms with E-state index in [0.29, 0.717) is 0 Å². The van der Waals surface area contributed by atoms with Crippen molar-refractivity contribution in [2.24, 2.45) is 23.2 Å². The number of benzene rings is 1. The molecule has 194 valence electrons. The van der Waals surface area contributed by atoms with Crippen LogP contribution >= 0.6 is 0 Å². The molecule has 0 amide bonds. The minimum Gasteiger partial charge on any atom is -0.510 e. The first-order valence-electron chi connectivity index (χ1n) is 12.0. The molecule has 1 heterocycles. The molecule has 1 aromatic rings. The Morgan fingerprint density at radius 1 is 0.944 bits per heavy atom. The summed E-state index contributed by atoms with van der Waals surface area (Å²) in [7, 11) is 0. The smallest absolute Gasteiger partial charge is 0.180 e. The lowest BCUT2D eigenvalue weighted by molar-refractivity contribution is -0.139. The van der Waals surface area contributed by atoms with Gasteiger partial charge in [0.25, 0.3) is 0 Å². The number of ether oxygens (including phenoxy) is 1. The summed E-state index contributed by atoms with van der Waals surface area (Å²) in [5.74, 6) is -6.74. The molecular weight excluding hydrogens is 464 g/mol. The first kappa shape index (κ1) is 27.2. The molecular formula is C28H34O8. The zero-order valence-electron chi connectivity index (χ0n) is 22.0. The molecule has 1 atom stereocenters. The van der Waals surface area contributed by atoms with Gasteiger partial charge in [-0.25, -0.2) is 0 Å². The Hall–Kier alpha value is -3.42. The van der Waals surface area contributed by atoms with Crippen LogP contribution in [0, 0.1) is 23.2 Å². The van der Waals surface area contributed by atoms with Crippen LogP contribution in [0.2, 0.25) is 0 Å². The molecule has 2 aliphatic rings. The standard InChI is InChI=1S/C28H34O8/c1-12(2)19(29)17-22(32)15(21(31)14-9-10-27(5,6)36-24(14)17)11-16-23(33)18(20(30)13(3)4)26(35)28(7,8)25(16)34/h9-10,12-13,16,31-32,35H,11H2,1-8H3. The highest BCUT2D eigenvalue weighted by atomic mass is 16.5. The maximum absolute atomic E-state index is 13.4. The highest BCUT2D eigenvalue weighted by Crippen LogP contribution is 2.49. The number of hydrogen-bond acceptors (Lipinski definition) is 8. The van der Waals surface area contributed by atoms with E-state index in [1.807, 2.05) is 0 Å². The minimum absolute atomic E-state index is 0.0230. The lowest BCUT2D eigenvalue weighted by Crippen LogP contribution is -2.46. The van der Waals surface area contributed by atoms with Gasteiger partial charge in [-0.15, -0.1) is 0 Å². The quantitative estimate of drug-likeness (QED) is 0.296. The summed E-state index contributed by atoms with van der Waals surface area (Å²) in [6.45, 7) is 12.8. The molecule has 1 unspecified atom stereocenters. The molecule has 1 aromatic carbocycles. The third-order valence-corrected chi connectivity index (χ3v) is 6.83. The number of rotatable bonds is 6. The number of fused-ring (bicyclic) bond motifs is 1. The Morgan fingerprint density at radius 3 is 2.03 bits per heavy atom. The predicted molar refractivity (Wildman–Crippen MR) is 133 cm³/mol. The van der Waals surface area contributed by atoms with Crippen molar-refractivity contribution in [3.05, 3.63) is 34.1 Å². The van der Waals surface area contributed by atoms with Gasteiger partial charge in [0, 0.05) is 17.4 Å². The van der Waals surface area contributed by atoms with Crippen molar-refractivity contribution < 1.29 is 39.2 Å². The topological polar surface area (TPSA) is 138 Å². The van der Waals surface area contributed by atoms with Gasteiger partial charge in [-0.05, 0) is 46.3 Å². The molecule has 0 aromatic heterocycles. The molecule has 0 bridgehead atoms. The molecule has 3 N–H and O–H groups in total. The van der Waals surface area contributed by atoms with Gasteiger partial charge in [0.1, 0.15) is 39.7 Å². The highest BCUT2D eigenvalue weighted by molar-refractivity contribution is 6.29. The van der Waals surface area contributed by atoms with Crippen molar-refractivity contribution in [1.82, 2.24) is 0 Å². The number of aromatic hydroxyl groups is 2. The van der Waals surface area contributed by atoms with E-state index in [1.165, 1.54) is 13.8 Å². The van der Waals surface area contributed by atoms with Crippen LogP contribution in [0.25, 0.3) is 6.08 Å². The first-order chi connectivity index (χ1) is 16.4. The Kier molecular flexibility index (Phi) is 6.72. The maximum Gasteiger partial charge on any atom is 0.180 e. The lowest BCUT2D eigenvalue weighted by atomic mass is 9.67. The van der Waals surface area contributed by atoms with E-state index in [2.05, 4.69) is 0 Å². The van der Waals surface area contributed by atoms with Gasteiger partial charge in [-0.1, -0.05) is 27.7 Å². The van der Waals surface area contributed by atoms with Crippen molar-refractivity contribution in [2.45, 2.75) is 67.4 Å². The molecule has 0 fully saturated rings. The van der Waals surface area contributed by atoms with Gasteiger partial charge < -0.3 is 20.1 Å². The van der Waals surface area contributed by atoms with E-state index >= 15 is 0 Å². The van der Waals surface area contributed by atoms with Crippen LogP contribution in [-0.2, 0) is 20.8 Å². The lowest BCUT2D eigenvalue weighted by Gasteiger charge is -2.35. The molecule has 8 nitrogen and oxygen atoms in total. The van der Waals surface area contributed by atoms with E-state index in [0.717, 1.165) is 0 Å². The second-order valence-corrected chi connectivity index (χ2v) is 11.2. The van der Waals surface area contributed by atoms with Gasteiger partial charge in [-0.2, -0.15) is 0 Å². The van der Waals surface area contributed by atoms with Gasteiger partial charge in [-0.3, -0.25) is 19.2 Å². The fraction of sp³-hybridized carbons (Fsp3) is 0.500. The van der Waals surface area contributed by atoms with Crippen LogP contribution in [0.1, 0.15) is 76.9 Å². The minimum atomic E-state index is -1.54. The molecule has 36 heavy (non-hydrogen) atoms. The normalized spacial score (nSPS) is 20.6. The van der Waals surface area contributed by atoms with Crippen LogP contribution in [-0.4, -0.2) is 44.1 Å². The number of hydrogen-bond donors (Lipinski definition) is 3. The average Bonchev–Trinajstić information content (AvgIpc) is 2.76. The number of aliphatic hydroxyl groups excluding tert-OH is 1. The molecule has 1 aliphatic heterocycles. The summed E-state index contributed by atoms with van der Waals surface area (Å²) in [5.41, 5.74) is -2.96. The zero-order chi connectivity index (χ0) is 27.5. The molecule has 0 spiro atoms. The van der Waals surface area contributed by atoms with Crippen LogP contribution in [0.4, 0.5) is 0 Å². The summed E-state index contributed by atoms with van der Waals surface area (Å²) >= 11 is 0. The first-order valence-corrected chi connectivity index (χ1v) is 12.0. The van der Waals surface area contributed by atoms with E-state index in [-0.39, 0.29) is 22.4 Å². The van der Waals surface area contributed by atoms with Crippen LogP contribution in [0.3, 0.4) is 0 Å². The van der Waals surface area contributed by atoms with Gasteiger partial charge in [0.05, 0.1) is 16.9 Å². The van der Waals surface area contributed by atoms with Crippen LogP contribution in [0.5, 0.6) is 17.2 Å². The van der Waals surface area contributed by atoms with Crippen LogP contribution < -0.4 is 4.74 Å². The maximum atomic E-state index is 13.4. The van der Waals surface area contributed by atoms with E-state index in [9.17, 15) is 34.5 Å². The Bertz CT molecular complexity index is 1240. The van der Waals surface area contributed by atoms with Crippen molar-refractivity contribution in [3.63, 3.8) is 0 Å². The zero-order valence-corrected chi connectivity index (χ0v) is 22.0. The Labute approximate surface area is 210 Å². The second kappa shape index (κ2) is 8.91. The monoisotopic (exact) mass is 498 g/mol. The molecule has 0 saturated carbocycles. The Morgan fingerprint density at radius 2 is 1.50 bits per heavy atom. The summed E-state index contributed by atoms with van der Waals surface area (Å²) in [6.07, 6.45) is 2.78. The summed E-state index contributed by atoms with van der Waals surface area (Å²) in [5, 5.41) is 33.0. The fourth-order valence-corrected chi connectivity index (χ4v) is 4.52. The molecule has 0 saturated heterocycles. The van der Waals surface area contributed by atoms with Crippen molar-refractivity contribution in [2.75, 3.05) is 0 Å². The van der Waals surface area contributed by atoms with Crippen LogP contribution in [0.15, 0.2) is 17.4 Å². The van der Waals surface area contributed by atoms with E-state index in [1.54, 1.807) is 53.7 Å². The van der Waals surface area contributed by atoms with Crippen molar-refractivity contribution in [1.29, 1.82) is 0 Å². The van der Waals surface area contributed by atoms with Gasteiger partial charge >= 0.3 is 0 Å². The number of aliphatic hydroxyl groups is 1.